The van der Waals surface area contributed by atoms with Gasteiger partial charge >= 0.3 is 5.69 Å². The predicted octanol–water partition coefficient (Wildman–Crippen LogP) is 0.784. The van der Waals surface area contributed by atoms with Gasteiger partial charge in [-0.3, -0.25) is 10.1 Å². The maximum atomic E-state index is 11.4. The zero-order valence-electron chi connectivity index (χ0n) is 13.5. The second-order valence-corrected chi connectivity index (χ2v) is 5.78. The molecule has 0 atom stereocenters. The number of nitro groups is 1. The quantitative estimate of drug-likeness (QED) is 0.617. The van der Waals surface area contributed by atoms with Crippen molar-refractivity contribution in [3.8, 4) is 0 Å². The molecule has 22 heavy (non-hydrogen) atoms. The highest BCUT2D eigenvalue weighted by atomic mass is 16.6. The van der Waals surface area contributed by atoms with E-state index in [1.807, 2.05) is 14.0 Å². The van der Waals surface area contributed by atoms with E-state index < -0.39 is 0 Å². The number of aromatic nitrogens is 2. The second-order valence-electron chi connectivity index (χ2n) is 5.78. The molecule has 1 aliphatic heterocycles. The first-order chi connectivity index (χ1) is 10.5. The van der Waals surface area contributed by atoms with E-state index in [0.29, 0.717) is 30.5 Å². The Bertz CT molecular complexity index is 523. The number of rotatable bonds is 6. The Labute approximate surface area is 130 Å². The Morgan fingerprint density at radius 2 is 2.09 bits per heavy atom. The van der Waals surface area contributed by atoms with Crippen LogP contribution in [-0.2, 0) is 13.5 Å². The lowest BCUT2D eigenvalue weighted by atomic mass is 10.0. The monoisotopic (exact) mass is 311 g/mol. The molecule has 8 nitrogen and oxygen atoms in total. The molecule has 0 spiro atoms. The minimum Gasteiger partial charge on any atom is -0.395 e. The third kappa shape index (κ3) is 3.22. The van der Waals surface area contributed by atoms with Gasteiger partial charge in [-0.05, 0) is 26.3 Å². The summed E-state index contributed by atoms with van der Waals surface area (Å²) in [6.45, 7) is 4.24. The van der Waals surface area contributed by atoms with Crippen LogP contribution in [0.15, 0.2) is 0 Å². The van der Waals surface area contributed by atoms with Crippen LogP contribution in [0.25, 0.3) is 0 Å². The van der Waals surface area contributed by atoms with E-state index in [9.17, 15) is 10.1 Å². The molecule has 2 rings (SSSR count). The van der Waals surface area contributed by atoms with Gasteiger partial charge in [-0.25, -0.2) is 4.68 Å². The lowest BCUT2D eigenvalue weighted by molar-refractivity contribution is -0.384. The molecule has 0 bridgehead atoms. The summed E-state index contributed by atoms with van der Waals surface area (Å²) in [5.41, 5.74) is 0.689. The van der Waals surface area contributed by atoms with Crippen LogP contribution in [0, 0.1) is 10.1 Å². The summed E-state index contributed by atoms with van der Waals surface area (Å²) in [6, 6.07) is 0.418. The number of aliphatic hydroxyl groups is 1. The molecule has 0 radical (unpaired) electrons. The van der Waals surface area contributed by atoms with Gasteiger partial charge in [0.1, 0.15) is 5.69 Å². The van der Waals surface area contributed by atoms with Gasteiger partial charge in [0, 0.05) is 32.7 Å². The van der Waals surface area contributed by atoms with Gasteiger partial charge in [0.2, 0.25) is 5.82 Å². The van der Waals surface area contributed by atoms with Crippen LogP contribution in [0.4, 0.5) is 11.5 Å². The Hall–Kier alpha value is -1.67. The third-order valence-electron chi connectivity index (χ3n) is 4.42. The maximum absolute atomic E-state index is 11.4. The van der Waals surface area contributed by atoms with Crippen molar-refractivity contribution in [1.82, 2.24) is 14.7 Å². The number of aryl methyl sites for hydroxylation is 2. The normalized spacial score (nSPS) is 16.5. The molecular formula is C14H25N5O3. The van der Waals surface area contributed by atoms with Crippen molar-refractivity contribution < 1.29 is 10.0 Å². The van der Waals surface area contributed by atoms with Crippen LogP contribution in [0.3, 0.4) is 0 Å². The Morgan fingerprint density at radius 1 is 1.45 bits per heavy atom. The molecule has 0 aromatic carbocycles. The van der Waals surface area contributed by atoms with E-state index >= 15 is 0 Å². The fourth-order valence-corrected chi connectivity index (χ4v) is 3.20. The maximum Gasteiger partial charge on any atom is 0.334 e. The van der Waals surface area contributed by atoms with Crippen LogP contribution in [0.1, 0.15) is 25.5 Å². The predicted molar refractivity (Wildman–Crippen MR) is 84.2 cm³/mol. The smallest absolute Gasteiger partial charge is 0.334 e. The zero-order chi connectivity index (χ0) is 16.3. The lowest BCUT2D eigenvalue weighted by Crippen LogP contribution is -2.44. The van der Waals surface area contributed by atoms with E-state index in [4.69, 9.17) is 5.11 Å². The van der Waals surface area contributed by atoms with Gasteiger partial charge in [0.15, 0.2) is 0 Å². The fourth-order valence-electron chi connectivity index (χ4n) is 3.20. The summed E-state index contributed by atoms with van der Waals surface area (Å²) < 4.78 is 1.63. The van der Waals surface area contributed by atoms with Gasteiger partial charge in [-0.1, -0.05) is 6.92 Å². The highest BCUT2D eigenvalue weighted by Gasteiger charge is 2.32. The second kappa shape index (κ2) is 7.06. The average molecular weight is 311 g/mol. The molecule has 0 unspecified atom stereocenters. The van der Waals surface area contributed by atoms with Crippen LogP contribution in [0.5, 0.6) is 0 Å². The molecule has 1 fully saturated rings. The van der Waals surface area contributed by atoms with Gasteiger partial charge in [0.25, 0.3) is 0 Å². The van der Waals surface area contributed by atoms with E-state index in [2.05, 4.69) is 14.9 Å². The summed E-state index contributed by atoms with van der Waals surface area (Å²) >= 11 is 0. The molecular weight excluding hydrogens is 286 g/mol. The molecule has 1 saturated heterocycles. The molecule has 8 heteroatoms. The largest absolute Gasteiger partial charge is 0.395 e. The van der Waals surface area contributed by atoms with E-state index in [0.717, 1.165) is 25.9 Å². The van der Waals surface area contributed by atoms with Crippen LogP contribution < -0.4 is 4.90 Å². The summed E-state index contributed by atoms with van der Waals surface area (Å²) in [6.07, 6.45) is 2.42. The number of hydrogen-bond acceptors (Lipinski definition) is 6. The summed E-state index contributed by atoms with van der Waals surface area (Å²) in [4.78, 5) is 15.3. The number of hydrogen-bond donors (Lipinski definition) is 1. The molecule has 124 valence electrons. The third-order valence-corrected chi connectivity index (χ3v) is 4.42. The molecule has 0 amide bonds. The van der Waals surface area contributed by atoms with Gasteiger partial charge in [-0.2, -0.15) is 5.10 Å². The average Bonchev–Trinajstić information content (AvgIpc) is 2.84. The highest BCUT2D eigenvalue weighted by molar-refractivity contribution is 5.61. The van der Waals surface area contributed by atoms with Crippen molar-refractivity contribution in [3.63, 3.8) is 0 Å². The molecule has 0 aliphatic carbocycles. The first kappa shape index (κ1) is 16.7. The zero-order valence-corrected chi connectivity index (χ0v) is 13.5. The van der Waals surface area contributed by atoms with Crippen LogP contribution in [-0.4, -0.2) is 64.0 Å². The van der Waals surface area contributed by atoms with Crippen LogP contribution in [0.2, 0.25) is 0 Å². The Morgan fingerprint density at radius 3 is 2.59 bits per heavy atom. The minimum absolute atomic E-state index is 0.146. The van der Waals surface area contributed by atoms with Crippen molar-refractivity contribution in [2.24, 2.45) is 7.05 Å². The van der Waals surface area contributed by atoms with Crippen molar-refractivity contribution >= 4 is 11.5 Å². The summed E-state index contributed by atoms with van der Waals surface area (Å²) in [5.74, 6) is 0.616. The molecule has 1 aromatic rings. The Kier molecular flexibility index (Phi) is 5.36. The van der Waals surface area contributed by atoms with Crippen molar-refractivity contribution in [3.05, 3.63) is 15.8 Å². The molecule has 1 N–H and O–H groups in total. The lowest BCUT2D eigenvalue weighted by Gasteiger charge is -2.37. The standard InChI is InChI=1S/C14H25N5O3/c1-4-12-13(19(21)22)14(17(3)15-12)18-7-5-11(6-8-18)16(2)9-10-20/h11,20H,4-10H2,1-3H3. The molecule has 1 aliphatic rings. The van der Waals surface area contributed by atoms with E-state index in [1.165, 1.54) is 0 Å². The molecule has 2 heterocycles. The number of piperidine rings is 1. The summed E-state index contributed by atoms with van der Waals surface area (Å²) in [5, 5.41) is 24.7. The number of aliphatic hydroxyl groups excluding tert-OH is 1. The topological polar surface area (TPSA) is 87.7 Å². The van der Waals surface area contributed by atoms with Gasteiger partial charge in [0.05, 0.1) is 11.5 Å². The number of likely N-dealkylation sites (N-methyl/N-ethyl adjacent to an activating group) is 1. The first-order valence-corrected chi connectivity index (χ1v) is 7.75. The van der Waals surface area contributed by atoms with Crippen molar-refractivity contribution in [2.45, 2.75) is 32.2 Å². The molecule has 0 saturated carbocycles. The highest BCUT2D eigenvalue weighted by Crippen LogP contribution is 2.33. The molecule has 1 aromatic heterocycles. The van der Waals surface area contributed by atoms with Gasteiger partial charge in [-0.15, -0.1) is 0 Å². The number of nitrogens with zero attached hydrogens (tertiary/aromatic N) is 5. The first-order valence-electron chi connectivity index (χ1n) is 7.75. The Balaban J connectivity index is 2.15. The van der Waals surface area contributed by atoms with Crippen LogP contribution >= 0.6 is 0 Å². The number of anilines is 1. The van der Waals surface area contributed by atoms with Crippen molar-refractivity contribution in [2.75, 3.05) is 38.2 Å². The SMILES string of the molecule is CCc1nn(C)c(N2CCC(N(C)CCO)CC2)c1[N+](=O)[O-]. The van der Waals surface area contributed by atoms with Crippen molar-refractivity contribution in [1.29, 1.82) is 0 Å². The van der Waals surface area contributed by atoms with E-state index in [-0.39, 0.29) is 17.2 Å². The van der Waals surface area contributed by atoms with Gasteiger partial charge < -0.3 is 14.9 Å². The summed E-state index contributed by atoms with van der Waals surface area (Å²) in [7, 11) is 3.78. The minimum atomic E-state index is -0.314. The van der Waals surface area contributed by atoms with E-state index in [1.54, 1.807) is 11.7 Å². The fraction of sp³-hybridized carbons (Fsp3) is 0.786.